The summed E-state index contributed by atoms with van der Waals surface area (Å²) in [6.07, 6.45) is -1.09. The Bertz CT molecular complexity index is 139. The molecule has 0 aromatic carbocycles. The minimum absolute atomic E-state index is 0.402. The fraction of sp³-hybridized carbons (Fsp3) is 0.857. The predicted molar refractivity (Wildman–Crippen MR) is 44.0 cm³/mol. The van der Waals surface area contributed by atoms with Crippen LogP contribution in [0.15, 0.2) is 0 Å². The molecule has 0 spiro atoms. The van der Waals surface area contributed by atoms with Gasteiger partial charge in [0.25, 0.3) is 0 Å². The smallest absolute Gasteiger partial charge is 0.406 e. The predicted octanol–water partition coefficient (Wildman–Crippen LogP) is 2.11. The number of ether oxygens (including phenoxy) is 3. The lowest BCUT2D eigenvalue weighted by molar-refractivity contribution is -0.208. The Labute approximate surface area is 76.7 Å². The van der Waals surface area contributed by atoms with Crippen molar-refractivity contribution < 1.29 is 19.0 Å². The van der Waals surface area contributed by atoms with Gasteiger partial charge >= 0.3 is 5.43 Å². The summed E-state index contributed by atoms with van der Waals surface area (Å²) in [5.74, 6) is 0. The Balaban J connectivity index is 3.53. The van der Waals surface area contributed by atoms with Gasteiger partial charge in [-0.15, -0.1) is 0 Å². The summed E-state index contributed by atoms with van der Waals surface area (Å²) in [6, 6.07) is 0. The van der Waals surface area contributed by atoms with Crippen LogP contribution in [0.1, 0.15) is 20.8 Å². The van der Waals surface area contributed by atoms with E-state index in [1.54, 1.807) is 13.8 Å². The lowest BCUT2D eigenvalue weighted by Crippen LogP contribution is -2.22. The first kappa shape index (κ1) is 11.7. The molecule has 72 valence electrons. The van der Waals surface area contributed by atoms with Crippen molar-refractivity contribution in [2.45, 2.75) is 33.4 Å². The second-order valence-electron chi connectivity index (χ2n) is 2.08. The van der Waals surface area contributed by atoms with E-state index in [0.29, 0.717) is 6.61 Å². The zero-order chi connectivity index (χ0) is 9.56. The number of rotatable bonds is 5. The van der Waals surface area contributed by atoms with Gasteiger partial charge in [-0.2, -0.15) is 0 Å². The van der Waals surface area contributed by atoms with Crippen LogP contribution in [0.2, 0.25) is 0 Å². The van der Waals surface area contributed by atoms with E-state index in [1.807, 2.05) is 6.92 Å². The van der Waals surface area contributed by atoms with Gasteiger partial charge in [-0.3, -0.25) is 0 Å². The monoisotopic (exact) mass is 196 g/mol. The molecule has 4 nitrogen and oxygen atoms in total. The molecule has 12 heavy (non-hydrogen) atoms. The van der Waals surface area contributed by atoms with E-state index >= 15 is 0 Å². The summed E-state index contributed by atoms with van der Waals surface area (Å²) >= 11 is 4.95. The second-order valence-corrected chi connectivity index (χ2v) is 2.39. The molecule has 2 atom stereocenters. The van der Waals surface area contributed by atoms with Gasteiger partial charge in [0, 0.05) is 18.2 Å². The fourth-order valence-corrected chi connectivity index (χ4v) is 0.828. The molecule has 0 aromatic heterocycles. The van der Waals surface area contributed by atoms with Gasteiger partial charge in [0.2, 0.25) is 6.29 Å². The maximum Gasteiger partial charge on any atom is 0.406 e. The maximum absolute atomic E-state index is 10.2. The molecule has 0 aromatic rings. The molecular weight excluding hydrogens is 184 g/mol. The van der Waals surface area contributed by atoms with Gasteiger partial charge in [0.05, 0.1) is 0 Å². The molecule has 0 rings (SSSR count). The van der Waals surface area contributed by atoms with E-state index in [0.717, 1.165) is 0 Å². The van der Waals surface area contributed by atoms with Crippen LogP contribution in [0.4, 0.5) is 4.79 Å². The average Bonchev–Trinajstić information content (AvgIpc) is 1.84. The van der Waals surface area contributed by atoms with E-state index < -0.39 is 18.0 Å². The summed E-state index contributed by atoms with van der Waals surface area (Å²) in [6.45, 7) is 5.67. The molecule has 0 aliphatic carbocycles. The van der Waals surface area contributed by atoms with Gasteiger partial charge in [-0.05, 0) is 20.8 Å². The highest BCUT2D eigenvalue weighted by Crippen LogP contribution is 2.03. The van der Waals surface area contributed by atoms with E-state index in [9.17, 15) is 4.79 Å². The van der Waals surface area contributed by atoms with E-state index in [-0.39, 0.29) is 0 Å². The molecule has 5 heteroatoms. The molecule has 0 saturated carbocycles. The van der Waals surface area contributed by atoms with Gasteiger partial charge in [0.1, 0.15) is 0 Å². The highest BCUT2D eigenvalue weighted by Gasteiger charge is 2.10. The van der Waals surface area contributed by atoms with Crippen molar-refractivity contribution in [1.29, 1.82) is 0 Å². The molecule has 0 aliphatic heterocycles. The molecule has 0 bridgehead atoms. The molecular formula is C7H13ClO4. The summed E-state index contributed by atoms with van der Waals surface area (Å²) in [5.41, 5.74) is -0.883. The van der Waals surface area contributed by atoms with Gasteiger partial charge in [-0.1, -0.05) is 0 Å². The largest absolute Gasteiger partial charge is 0.424 e. The number of carbonyl (C=O) groups is 1. The lowest BCUT2D eigenvalue weighted by Gasteiger charge is -2.17. The number of carbonyl (C=O) groups excluding carboxylic acids is 1. The van der Waals surface area contributed by atoms with Crippen molar-refractivity contribution in [3.8, 4) is 0 Å². The second kappa shape index (κ2) is 6.22. The Morgan fingerprint density at radius 2 is 2.00 bits per heavy atom. The summed E-state index contributed by atoms with van der Waals surface area (Å²) in [5, 5.41) is 0. The highest BCUT2D eigenvalue weighted by molar-refractivity contribution is 6.61. The first-order valence-corrected chi connectivity index (χ1v) is 4.07. The van der Waals surface area contributed by atoms with Crippen molar-refractivity contribution >= 4 is 17.0 Å². The minimum Gasteiger partial charge on any atom is -0.424 e. The SMILES string of the molecule is CCOC(C)OC(C)OC(=O)Cl. The Hall–Kier alpha value is -0.320. The molecule has 0 aliphatic rings. The molecule has 0 radical (unpaired) electrons. The third-order valence-corrected chi connectivity index (χ3v) is 1.13. The van der Waals surface area contributed by atoms with Crippen molar-refractivity contribution in [2.75, 3.05) is 6.61 Å². The normalized spacial score (nSPS) is 15.3. The zero-order valence-electron chi connectivity index (χ0n) is 7.37. The molecule has 2 unspecified atom stereocenters. The van der Waals surface area contributed by atoms with E-state index in [2.05, 4.69) is 4.74 Å². The zero-order valence-corrected chi connectivity index (χ0v) is 8.13. The third kappa shape index (κ3) is 6.39. The van der Waals surface area contributed by atoms with Gasteiger partial charge in [-0.25, -0.2) is 4.79 Å². The Morgan fingerprint density at radius 3 is 2.42 bits per heavy atom. The molecule has 0 fully saturated rings. The van der Waals surface area contributed by atoms with Crippen LogP contribution in [0, 0.1) is 0 Å². The van der Waals surface area contributed by atoms with Crippen LogP contribution >= 0.6 is 11.6 Å². The average molecular weight is 197 g/mol. The molecule has 0 heterocycles. The van der Waals surface area contributed by atoms with Crippen LogP contribution in [-0.2, 0) is 14.2 Å². The van der Waals surface area contributed by atoms with Crippen LogP contribution in [0.25, 0.3) is 0 Å². The van der Waals surface area contributed by atoms with E-state index in [4.69, 9.17) is 21.1 Å². The van der Waals surface area contributed by atoms with E-state index in [1.165, 1.54) is 0 Å². The summed E-state index contributed by atoms with van der Waals surface area (Å²) in [7, 11) is 0. The first-order chi connectivity index (χ1) is 5.56. The van der Waals surface area contributed by atoms with Crippen molar-refractivity contribution in [1.82, 2.24) is 0 Å². The lowest BCUT2D eigenvalue weighted by atomic mass is 10.7. The molecule has 0 N–H and O–H groups in total. The van der Waals surface area contributed by atoms with Crippen LogP contribution in [-0.4, -0.2) is 24.6 Å². The number of hydrogen-bond acceptors (Lipinski definition) is 4. The fourth-order valence-electron chi connectivity index (χ4n) is 0.702. The molecule has 0 amide bonds. The third-order valence-electron chi connectivity index (χ3n) is 1.04. The van der Waals surface area contributed by atoms with Crippen molar-refractivity contribution in [3.63, 3.8) is 0 Å². The first-order valence-electron chi connectivity index (χ1n) is 3.69. The summed E-state index contributed by atoms with van der Waals surface area (Å²) < 4.78 is 14.6. The van der Waals surface area contributed by atoms with Crippen LogP contribution < -0.4 is 0 Å². The maximum atomic E-state index is 10.2. The minimum atomic E-state index is -0.883. The van der Waals surface area contributed by atoms with Crippen molar-refractivity contribution in [3.05, 3.63) is 0 Å². The molecule has 0 saturated heterocycles. The number of halogens is 1. The van der Waals surface area contributed by atoms with Gasteiger partial charge in [0.15, 0.2) is 6.29 Å². The topological polar surface area (TPSA) is 44.8 Å². The van der Waals surface area contributed by atoms with Crippen molar-refractivity contribution in [2.24, 2.45) is 0 Å². The van der Waals surface area contributed by atoms with Crippen LogP contribution in [0.5, 0.6) is 0 Å². The number of hydrogen-bond donors (Lipinski definition) is 0. The quantitative estimate of drug-likeness (QED) is 0.499. The van der Waals surface area contributed by atoms with Gasteiger partial charge < -0.3 is 14.2 Å². The standard InChI is InChI=1S/C7H13ClO4/c1-4-10-5(2)11-6(3)12-7(8)9/h5-6H,4H2,1-3H3. The highest BCUT2D eigenvalue weighted by atomic mass is 35.5. The van der Waals surface area contributed by atoms with Crippen LogP contribution in [0.3, 0.4) is 0 Å². The summed E-state index contributed by atoms with van der Waals surface area (Å²) in [4.78, 5) is 10.2. The Morgan fingerprint density at radius 1 is 1.42 bits per heavy atom. The Kier molecular flexibility index (Phi) is 6.06.